The van der Waals surface area contributed by atoms with E-state index in [9.17, 15) is 0 Å². The van der Waals surface area contributed by atoms with E-state index in [1.54, 1.807) is 0 Å². The van der Waals surface area contributed by atoms with E-state index in [2.05, 4.69) is 200 Å². The molecule has 0 radical (unpaired) electrons. The molecule has 5 aromatic carbocycles. The standard InChI is InChI=1S/C56H69BN2/c1-33-24-48-50-49(25-33)59(46-30-41-38(27-35(46)3)55(14,15)32-56(41,16)17)47-31-40-39(53(10,11)22-23-54(40,12)13)29-43(47)57(50)42-28-37(52(7,8)9)19-21-45(42)58(48)44-20-18-36(26-34(44)2)51(4,5)6/h18-21,24-31H,22-23,32H2,1-17H3. The molecule has 2 aliphatic heterocycles. The largest absolute Gasteiger partial charge is 0.311 e. The van der Waals surface area contributed by atoms with Crippen LogP contribution in [0.3, 0.4) is 0 Å². The fraction of sp³-hybridized carbons (Fsp3) is 0.464. The fourth-order valence-electron chi connectivity index (χ4n) is 11.9. The monoisotopic (exact) mass is 781 g/mol. The zero-order valence-electron chi connectivity index (χ0n) is 39.5. The molecule has 0 fully saturated rings. The molecule has 0 amide bonds. The Morgan fingerprint density at radius 3 is 1.44 bits per heavy atom. The maximum atomic E-state index is 2.72. The molecule has 0 aromatic heterocycles. The van der Waals surface area contributed by atoms with Crippen molar-refractivity contribution in [2.45, 2.75) is 169 Å². The first kappa shape index (κ1) is 40.2. The van der Waals surface area contributed by atoms with E-state index < -0.39 is 0 Å². The van der Waals surface area contributed by atoms with Crippen molar-refractivity contribution in [3.63, 3.8) is 0 Å². The van der Waals surface area contributed by atoms with Crippen LogP contribution in [0.4, 0.5) is 34.1 Å². The molecule has 9 rings (SSSR count). The average Bonchev–Trinajstić information content (AvgIpc) is 3.30. The van der Waals surface area contributed by atoms with Gasteiger partial charge in [-0.15, -0.1) is 0 Å². The molecular weight excluding hydrogens is 711 g/mol. The first-order valence-corrected chi connectivity index (χ1v) is 22.6. The Kier molecular flexibility index (Phi) is 8.46. The third-order valence-electron chi connectivity index (χ3n) is 15.3. The molecule has 0 saturated heterocycles. The maximum absolute atomic E-state index is 2.72. The molecule has 2 heterocycles. The fourth-order valence-corrected chi connectivity index (χ4v) is 11.9. The summed E-state index contributed by atoms with van der Waals surface area (Å²) < 4.78 is 0. The Morgan fingerprint density at radius 2 is 0.881 bits per heavy atom. The average molecular weight is 781 g/mol. The summed E-state index contributed by atoms with van der Waals surface area (Å²) in [6.07, 6.45) is 3.54. The smallest absolute Gasteiger partial charge is 0.252 e. The van der Waals surface area contributed by atoms with Crippen molar-refractivity contribution in [1.29, 1.82) is 0 Å². The number of nitrogens with zero attached hydrogens (tertiary/aromatic N) is 2. The van der Waals surface area contributed by atoms with E-state index in [4.69, 9.17) is 0 Å². The van der Waals surface area contributed by atoms with Crippen LogP contribution < -0.4 is 26.2 Å². The van der Waals surface area contributed by atoms with E-state index in [1.165, 1.54) is 113 Å². The van der Waals surface area contributed by atoms with Gasteiger partial charge in [-0.3, -0.25) is 0 Å². The van der Waals surface area contributed by atoms with Gasteiger partial charge in [0, 0.05) is 34.1 Å². The van der Waals surface area contributed by atoms with Crippen LogP contribution in [0, 0.1) is 20.8 Å². The van der Waals surface area contributed by atoms with E-state index in [-0.39, 0.29) is 39.2 Å². The lowest BCUT2D eigenvalue weighted by atomic mass is 9.33. The summed E-state index contributed by atoms with van der Waals surface area (Å²) in [6.45, 7) is 40.9. The van der Waals surface area contributed by atoms with Gasteiger partial charge in [0.2, 0.25) is 0 Å². The Hall–Kier alpha value is -4.24. The van der Waals surface area contributed by atoms with Gasteiger partial charge in [-0.2, -0.15) is 0 Å². The molecule has 0 saturated carbocycles. The van der Waals surface area contributed by atoms with E-state index in [0.29, 0.717) is 0 Å². The summed E-state index contributed by atoms with van der Waals surface area (Å²) in [5.74, 6) is 0. The first-order valence-electron chi connectivity index (χ1n) is 22.6. The molecule has 0 N–H and O–H groups in total. The molecule has 4 aliphatic rings. The predicted molar refractivity (Wildman–Crippen MR) is 258 cm³/mol. The van der Waals surface area contributed by atoms with Crippen LogP contribution in [0.5, 0.6) is 0 Å². The van der Waals surface area contributed by atoms with E-state index in [0.717, 1.165) is 6.42 Å². The third kappa shape index (κ3) is 6.01. The number of aryl methyl sites for hydroxylation is 3. The summed E-state index contributed by atoms with van der Waals surface area (Å²) in [5, 5.41) is 0. The maximum Gasteiger partial charge on any atom is 0.252 e. The number of hydrogen-bond donors (Lipinski definition) is 0. The van der Waals surface area contributed by atoms with Crippen molar-refractivity contribution in [2.75, 3.05) is 9.80 Å². The topological polar surface area (TPSA) is 6.48 Å². The van der Waals surface area contributed by atoms with Crippen molar-refractivity contribution in [2.24, 2.45) is 0 Å². The molecule has 0 atom stereocenters. The second kappa shape index (κ2) is 12.4. The molecule has 2 nitrogen and oxygen atoms in total. The number of rotatable bonds is 2. The molecular formula is C56H69BN2. The van der Waals surface area contributed by atoms with Gasteiger partial charge in [0.05, 0.1) is 0 Å². The minimum absolute atomic E-state index is 0.00796. The number of benzene rings is 5. The first-order chi connectivity index (χ1) is 27.2. The van der Waals surface area contributed by atoms with E-state index in [1.807, 2.05) is 0 Å². The summed E-state index contributed by atoms with van der Waals surface area (Å²) in [6, 6.07) is 30.1. The molecule has 5 aromatic rings. The van der Waals surface area contributed by atoms with Crippen LogP contribution in [-0.2, 0) is 32.5 Å². The van der Waals surface area contributed by atoms with Gasteiger partial charge >= 0.3 is 0 Å². The van der Waals surface area contributed by atoms with Gasteiger partial charge in [0.1, 0.15) is 0 Å². The van der Waals surface area contributed by atoms with Crippen molar-refractivity contribution >= 4 is 57.2 Å². The predicted octanol–water partition coefficient (Wildman–Crippen LogP) is 13.6. The SMILES string of the molecule is Cc1cc2c3c(c1)N(c1cc4c(cc1C)C(C)(C)CC4(C)C)c1cc4c(cc1B3c1cc(C(C)(C)C)ccc1N2c1ccc(C(C)(C)C)cc1C)C(C)(C)CCC4(C)C. The van der Waals surface area contributed by atoms with Crippen LogP contribution in [0.15, 0.2) is 72.8 Å². The zero-order chi connectivity index (χ0) is 42.7. The lowest BCUT2D eigenvalue weighted by Crippen LogP contribution is -2.62. The molecule has 0 spiro atoms. The number of fused-ring (bicyclic) bond motifs is 6. The minimum atomic E-state index is 0.00796. The van der Waals surface area contributed by atoms with Gasteiger partial charge in [-0.25, -0.2) is 0 Å². The van der Waals surface area contributed by atoms with Gasteiger partial charge in [-0.05, 0) is 175 Å². The molecule has 2 aliphatic carbocycles. The summed E-state index contributed by atoms with van der Waals surface area (Å²) in [4.78, 5) is 5.35. The molecule has 306 valence electrons. The van der Waals surface area contributed by atoms with Crippen molar-refractivity contribution in [1.82, 2.24) is 0 Å². The van der Waals surface area contributed by atoms with Crippen LogP contribution in [0.25, 0.3) is 0 Å². The molecule has 0 bridgehead atoms. The van der Waals surface area contributed by atoms with Crippen LogP contribution >= 0.6 is 0 Å². The lowest BCUT2D eigenvalue weighted by molar-refractivity contribution is 0.332. The Morgan fingerprint density at radius 1 is 0.441 bits per heavy atom. The van der Waals surface area contributed by atoms with Gasteiger partial charge in [-0.1, -0.05) is 133 Å². The second-order valence-corrected chi connectivity index (χ2v) is 23.9. The zero-order valence-corrected chi connectivity index (χ0v) is 39.5. The van der Waals surface area contributed by atoms with Gasteiger partial charge in [0.25, 0.3) is 6.71 Å². The van der Waals surface area contributed by atoms with Crippen molar-refractivity contribution < 1.29 is 0 Å². The quantitative estimate of drug-likeness (QED) is 0.161. The minimum Gasteiger partial charge on any atom is -0.311 e. The molecule has 3 heteroatoms. The molecule has 59 heavy (non-hydrogen) atoms. The van der Waals surface area contributed by atoms with Crippen LogP contribution in [-0.4, -0.2) is 6.71 Å². The Balaban J connectivity index is 1.42. The lowest BCUT2D eigenvalue weighted by Gasteiger charge is -2.48. The highest BCUT2D eigenvalue weighted by Gasteiger charge is 2.48. The number of anilines is 6. The Bertz CT molecular complexity index is 2600. The highest BCUT2D eigenvalue weighted by molar-refractivity contribution is 7.00. The molecule has 0 unspecified atom stereocenters. The summed E-state index contributed by atoms with van der Waals surface area (Å²) in [7, 11) is 0. The van der Waals surface area contributed by atoms with E-state index >= 15 is 0 Å². The highest BCUT2D eigenvalue weighted by Crippen LogP contribution is 2.55. The highest BCUT2D eigenvalue weighted by atomic mass is 15.2. The van der Waals surface area contributed by atoms with Crippen molar-refractivity contribution in [3.8, 4) is 0 Å². The normalized spacial score (nSPS) is 19.2. The third-order valence-corrected chi connectivity index (χ3v) is 15.3. The van der Waals surface area contributed by atoms with Gasteiger partial charge < -0.3 is 9.80 Å². The van der Waals surface area contributed by atoms with Gasteiger partial charge in [0.15, 0.2) is 0 Å². The summed E-state index contributed by atoms with van der Waals surface area (Å²) >= 11 is 0. The van der Waals surface area contributed by atoms with Crippen LogP contribution in [0.2, 0.25) is 0 Å². The summed E-state index contributed by atoms with van der Waals surface area (Å²) in [5.41, 5.74) is 25.4. The van der Waals surface area contributed by atoms with Crippen molar-refractivity contribution in [3.05, 3.63) is 123 Å². The number of hydrogen-bond acceptors (Lipinski definition) is 2. The van der Waals surface area contributed by atoms with Crippen LogP contribution in [0.1, 0.15) is 166 Å². The Labute approximate surface area is 357 Å². The second-order valence-electron chi connectivity index (χ2n) is 23.9.